The molecule has 0 amide bonds. The molecule has 6 fully saturated rings. The molecule has 24 N–H and O–H groups in total. The van der Waals surface area contributed by atoms with E-state index in [4.69, 9.17) is 102 Å². The number of nitrogens with one attached hydrogen (secondary N) is 1. The number of nitrogens with zero attached hydrogens (tertiary/aromatic N) is 19. The van der Waals surface area contributed by atoms with Crippen LogP contribution in [0.15, 0.2) is 89.5 Å². The van der Waals surface area contributed by atoms with Crippen LogP contribution in [0.4, 0.5) is 29.1 Å². The number of aromatic amines is 1. The lowest BCUT2D eigenvalue weighted by molar-refractivity contribution is -0.0652. The van der Waals surface area contributed by atoms with Gasteiger partial charge in [0.2, 0.25) is 0 Å². The summed E-state index contributed by atoms with van der Waals surface area (Å²) >= 11 is 0. The van der Waals surface area contributed by atoms with Crippen LogP contribution in [-0.4, -0.2) is 312 Å². The fraction of sp³-hybridized carbons (Fsp3) is 0.517. The van der Waals surface area contributed by atoms with Gasteiger partial charge < -0.3 is 122 Å². The van der Waals surface area contributed by atoms with Crippen LogP contribution in [0.5, 0.6) is 0 Å². The molecule has 29 atom stereocenters. The van der Waals surface area contributed by atoms with Crippen LogP contribution in [-0.2, 0) is 96.5 Å². The molecule has 0 saturated carbocycles. The lowest BCUT2D eigenvalue weighted by atomic mass is 10.1. The number of aliphatic hydroxyl groups excluding tert-OH is 8. The van der Waals surface area contributed by atoms with E-state index in [1.165, 1.54) is 10.9 Å². The van der Waals surface area contributed by atoms with E-state index in [9.17, 15) is 103 Å². The van der Waals surface area contributed by atoms with Crippen molar-refractivity contribution in [2.75, 3.05) is 68.3 Å². The van der Waals surface area contributed by atoms with E-state index < -0.39 is 243 Å². The normalized spacial score (nSPS) is 32.6. The highest BCUT2D eigenvalue weighted by molar-refractivity contribution is 7.48. The SMILES string of the molecule is Nc1ccn(C2OC(COP(=O)(O)OC3C(CO)OC(n4ccc(=O)[nH]c4=O)C3O)C(OP(=O)(O)OCC3OC(n4cnc5c(N)ncnc54)C(O)C3OP(=O)(O)OCC3OC(n4cnc5c(N)ncnc54)C(O)C3OP(=O)(O)OCC3OC(n4cnc5c(N)ncnc54)C(O)C3OP(=O)(O)OCC3OC(n4cnc5c(N)ncnc54)C(O)C3O)C2O)c(=O)n1. The minimum atomic E-state index is -5.96. The second-order valence-electron chi connectivity index (χ2n) is 28.1. The number of phosphoric ester groups is 5. The predicted octanol–water partition coefficient (Wildman–Crippen LogP) is -7.52. The monoisotopic (exact) mass is 1870 g/mol. The number of ether oxygens (including phenoxy) is 6. The number of rotatable bonds is 32. The van der Waals surface area contributed by atoms with Gasteiger partial charge in [0, 0.05) is 18.5 Å². The molecular formula is C58H72N25O37P5. The zero-order chi connectivity index (χ0) is 89.0. The summed E-state index contributed by atoms with van der Waals surface area (Å²) in [5.41, 5.74) is 26.0. The summed E-state index contributed by atoms with van der Waals surface area (Å²) in [4.78, 5) is 149. The molecule has 0 bridgehead atoms. The number of aliphatic hydroxyl groups is 8. The molecule has 0 spiro atoms. The van der Waals surface area contributed by atoms with E-state index in [2.05, 4.69) is 64.8 Å². The van der Waals surface area contributed by atoms with Crippen molar-refractivity contribution in [1.29, 1.82) is 0 Å². The molecule has 16 rings (SSSR count). The highest BCUT2D eigenvalue weighted by Crippen LogP contribution is 2.57. The van der Waals surface area contributed by atoms with Crippen molar-refractivity contribution in [3.63, 3.8) is 0 Å². The highest BCUT2D eigenvalue weighted by Gasteiger charge is 2.58. The lowest BCUT2D eigenvalue weighted by Crippen LogP contribution is -2.39. The van der Waals surface area contributed by atoms with Crippen molar-refractivity contribution in [3.8, 4) is 0 Å². The maximum Gasteiger partial charge on any atom is 0.472 e. The zero-order valence-electron chi connectivity index (χ0n) is 62.8. The third-order valence-corrected chi connectivity index (χ3v) is 25.2. The fourth-order valence-electron chi connectivity index (χ4n) is 14.4. The van der Waals surface area contributed by atoms with Crippen LogP contribution < -0.4 is 45.6 Å². The Morgan fingerprint density at radius 3 is 0.936 bits per heavy atom. The van der Waals surface area contributed by atoms with Gasteiger partial charge in [0.05, 0.1) is 65.0 Å². The van der Waals surface area contributed by atoms with Crippen LogP contribution in [0.2, 0.25) is 0 Å². The van der Waals surface area contributed by atoms with E-state index in [1.807, 2.05) is 4.98 Å². The molecule has 10 aromatic rings. The molecule has 6 aliphatic rings. The number of fused-ring (bicyclic) bond motifs is 4. The molecule has 0 aliphatic carbocycles. The van der Waals surface area contributed by atoms with E-state index >= 15 is 0 Å². The van der Waals surface area contributed by atoms with E-state index in [1.54, 1.807) is 0 Å². The first-order valence-electron chi connectivity index (χ1n) is 36.2. The van der Waals surface area contributed by atoms with Crippen LogP contribution in [0, 0.1) is 0 Å². The first-order chi connectivity index (χ1) is 59.3. The van der Waals surface area contributed by atoms with Crippen molar-refractivity contribution in [2.45, 2.75) is 147 Å². The summed E-state index contributed by atoms with van der Waals surface area (Å²) in [6, 6.07) is 1.92. The topological polar surface area (TPSA) is 890 Å². The number of phosphoric acid groups is 5. The Morgan fingerprint density at radius 2 is 0.624 bits per heavy atom. The van der Waals surface area contributed by atoms with Gasteiger partial charge in [0.15, 0.2) is 83.2 Å². The van der Waals surface area contributed by atoms with E-state index in [-0.39, 0.29) is 73.7 Å². The van der Waals surface area contributed by atoms with Gasteiger partial charge in [-0.05, 0) is 6.07 Å². The maximum absolute atomic E-state index is 14.6. The van der Waals surface area contributed by atoms with Gasteiger partial charge in [-0.2, -0.15) is 4.98 Å². The van der Waals surface area contributed by atoms with Gasteiger partial charge in [-0.15, -0.1) is 0 Å². The maximum atomic E-state index is 14.6. The van der Waals surface area contributed by atoms with Crippen LogP contribution >= 0.6 is 39.1 Å². The Balaban J connectivity index is 0.629. The molecular weight excluding hydrogens is 1790 g/mol. The average molecular weight is 1870 g/mol. The number of hydrogen-bond acceptors (Lipinski definition) is 50. The fourth-order valence-corrected chi connectivity index (χ4v) is 19.2. The van der Waals surface area contributed by atoms with Crippen molar-refractivity contribution >= 4 is 113 Å². The van der Waals surface area contributed by atoms with Gasteiger partial charge in [0.25, 0.3) is 5.56 Å². The van der Waals surface area contributed by atoms with E-state index in [0.717, 1.165) is 82.5 Å². The Morgan fingerprint density at radius 1 is 0.352 bits per heavy atom. The molecule has 0 radical (unpaired) electrons. The Bertz CT molecular complexity index is 6140. The minimum Gasteiger partial charge on any atom is -0.394 e. The summed E-state index contributed by atoms with van der Waals surface area (Å²) < 4.78 is 166. The third kappa shape index (κ3) is 17.9. The quantitative estimate of drug-likeness (QED) is 0.0174. The number of nitrogens with two attached hydrogens (primary N) is 5. The number of nitrogen functional groups attached to an aromatic ring is 5. The van der Waals surface area contributed by atoms with Crippen LogP contribution in [0.1, 0.15) is 37.4 Å². The van der Waals surface area contributed by atoms with Gasteiger partial charge in [-0.25, -0.2) is 92.2 Å². The van der Waals surface area contributed by atoms with Crippen LogP contribution in [0.25, 0.3) is 44.7 Å². The highest BCUT2D eigenvalue weighted by atomic mass is 31.2. The second kappa shape index (κ2) is 34.7. The molecule has 676 valence electrons. The molecule has 16 heterocycles. The van der Waals surface area contributed by atoms with Gasteiger partial charge in [-0.1, -0.05) is 0 Å². The van der Waals surface area contributed by atoms with Crippen molar-refractivity contribution in [1.82, 2.24) is 97.2 Å². The third-order valence-electron chi connectivity index (χ3n) is 20.2. The summed E-state index contributed by atoms with van der Waals surface area (Å²) in [5, 5.41) is 91.5. The zero-order valence-corrected chi connectivity index (χ0v) is 67.2. The predicted molar refractivity (Wildman–Crippen MR) is 399 cm³/mol. The first kappa shape index (κ1) is 89.2. The van der Waals surface area contributed by atoms with Gasteiger partial charge >= 0.3 is 50.5 Å². The molecule has 125 heavy (non-hydrogen) atoms. The summed E-state index contributed by atoms with van der Waals surface area (Å²) in [6.45, 7) is -7.41. The smallest absolute Gasteiger partial charge is 0.394 e. The Kier molecular flexibility index (Phi) is 24.8. The molecule has 62 nitrogen and oxygen atoms in total. The molecule has 29 unspecified atom stereocenters. The summed E-state index contributed by atoms with van der Waals surface area (Å²) in [6.07, 6.45) is -37.8. The number of aromatic nitrogens is 20. The minimum absolute atomic E-state index is 0.0405. The van der Waals surface area contributed by atoms with Crippen molar-refractivity contribution in [3.05, 3.63) is 106 Å². The average Bonchev–Trinajstić information content (AvgIpc) is 1.62. The summed E-state index contributed by atoms with van der Waals surface area (Å²) in [5.74, 6) is -0.957. The standard InChI is InChI=1S/C58H72N25O37P5/c59-25-1-3-78(57(93)76-25)53-34(89)39(21(112-53)7-106-122(97,98)116-38-19(5-84)110-52(33(38)88)79-4-2-26(85)77-58(79)94)117-123(99,100)107-9-23-41(36(91)55(114-23)82-17-74-29-45(62)66-13-70-49(29)82)119-125(103,104)109-10-24-42(37(92)56(115-24)83-18-75-30-46(63)67-14-71-50(30)83)120-124(101,102)108-8-22-40(35(90)54(113-22)81-16-73-28-44(61)65-12-69-48(28)81)118-121(95,96)105-6-20-31(86)32(87)51(111-20)80-15-72-27-43(60)64-11-68-47(27)80/h1-4,11-24,31-42,51-56,84,86-92H,5-10H2,(H,95,96)(H,97,98)(H,99,100)(H,101,102)(H,103,104)(H2,59,76,93)(H2,60,64,68)(H2,61,65,69)(H2,62,66,70)(H2,63,67,71)(H,77,85,94). The second-order valence-corrected chi connectivity index (χ2v) is 35.1. The number of H-pyrrole nitrogens is 1. The molecule has 6 saturated heterocycles. The lowest BCUT2D eigenvalue weighted by Gasteiger charge is -2.27. The molecule has 67 heteroatoms. The number of imidazole rings is 4. The van der Waals surface area contributed by atoms with Gasteiger partial charge in [-0.3, -0.25) is 82.4 Å². The van der Waals surface area contributed by atoms with Crippen molar-refractivity contribution < 1.29 is 162 Å². The molecule has 0 aromatic carbocycles. The van der Waals surface area contributed by atoms with E-state index in [0.29, 0.717) is 9.13 Å². The van der Waals surface area contributed by atoms with Crippen LogP contribution in [0.3, 0.4) is 0 Å². The molecule has 10 aromatic heterocycles. The number of anilines is 5. The largest absolute Gasteiger partial charge is 0.472 e. The van der Waals surface area contributed by atoms with Crippen molar-refractivity contribution in [2.24, 2.45) is 0 Å². The first-order valence-corrected chi connectivity index (χ1v) is 43.7. The van der Waals surface area contributed by atoms with Gasteiger partial charge in [0.1, 0.15) is 163 Å². The summed E-state index contributed by atoms with van der Waals surface area (Å²) in [7, 11) is -29.0. The Labute approximate surface area is 691 Å². The Hall–Kier alpha value is -9.25. The number of hydrogen-bond donors (Lipinski definition) is 19. The molecule has 6 aliphatic heterocycles.